The zero-order valence-electron chi connectivity index (χ0n) is 15.5. The predicted octanol–water partition coefficient (Wildman–Crippen LogP) is 4.68. The van der Waals surface area contributed by atoms with Crippen molar-refractivity contribution < 1.29 is 8.42 Å². The van der Waals surface area contributed by atoms with Crippen LogP contribution in [0.4, 0.5) is 0 Å². The first-order valence-electron chi connectivity index (χ1n) is 8.99. The molecule has 0 amide bonds. The zero-order valence-corrected chi connectivity index (χ0v) is 16.3. The van der Waals surface area contributed by atoms with Crippen LogP contribution in [0.5, 0.6) is 0 Å². The molecule has 2 rings (SSSR count). The Morgan fingerprint density at radius 2 is 1.56 bits per heavy atom. The van der Waals surface area contributed by atoms with Crippen molar-refractivity contribution in [1.82, 2.24) is 4.72 Å². The van der Waals surface area contributed by atoms with E-state index < -0.39 is 10.0 Å². The molecule has 0 saturated heterocycles. The van der Waals surface area contributed by atoms with Gasteiger partial charge in [-0.25, -0.2) is 13.1 Å². The summed E-state index contributed by atoms with van der Waals surface area (Å²) >= 11 is 0. The van der Waals surface area contributed by atoms with E-state index in [9.17, 15) is 8.42 Å². The summed E-state index contributed by atoms with van der Waals surface area (Å²) in [5, 5.41) is 0. The Balaban J connectivity index is 1.85. The second-order valence-corrected chi connectivity index (χ2v) is 8.87. The third-order valence-corrected chi connectivity index (χ3v) is 6.33. The first kappa shape index (κ1) is 19.7. The molecule has 2 aromatic carbocycles. The van der Waals surface area contributed by atoms with Gasteiger partial charge >= 0.3 is 0 Å². The van der Waals surface area contributed by atoms with E-state index in [1.165, 1.54) is 5.56 Å². The molecule has 0 bridgehead atoms. The Hall–Kier alpha value is -1.65. The van der Waals surface area contributed by atoms with E-state index >= 15 is 0 Å². The maximum absolute atomic E-state index is 12.4. The first-order chi connectivity index (χ1) is 11.8. The number of benzene rings is 2. The molecule has 0 aliphatic heterocycles. The van der Waals surface area contributed by atoms with E-state index in [1.54, 1.807) is 12.1 Å². The van der Waals surface area contributed by atoms with E-state index in [2.05, 4.69) is 37.6 Å². The molecule has 0 aliphatic carbocycles. The molecule has 4 heteroatoms. The molecule has 3 nitrogen and oxygen atoms in total. The second kappa shape index (κ2) is 8.63. The summed E-state index contributed by atoms with van der Waals surface area (Å²) in [5.41, 5.74) is 2.52. The number of unbranched alkanes of at least 4 members (excludes halogenated alkanes) is 1. The SMILES string of the molecule is CCC(C)(C)c1ccc(S(=O)(=O)NCCCCc2ccccc2)cc1. The first-order valence-corrected chi connectivity index (χ1v) is 10.5. The fourth-order valence-electron chi connectivity index (χ4n) is 2.68. The van der Waals surface area contributed by atoms with E-state index in [0.717, 1.165) is 31.2 Å². The van der Waals surface area contributed by atoms with Crippen molar-refractivity contribution in [3.8, 4) is 0 Å². The molecule has 0 spiro atoms. The highest BCUT2D eigenvalue weighted by atomic mass is 32.2. The van der Waals surface area contributed by atoms with Gasteiger partial charge in [0.05, 0.1) is 4.90 Å². The van der Waals surface area contributed by atoms with E-state index in [0.29, 0.717) is 11.4 Å². The summed E-state index contributed by atoms with van der Waals surface area (Å²) in [6.07, 6.45) is 3.79. The fourth-order valence-corrected chi connectivity index (χ4v) is 3.75. The van der Waals surface area contributed by atoms with E-state index in [-0.39, 0.29) is 5.41 Å². The van der Waals surface area contributed by atoms with Gasteiger partial charge in [0.25, 0.3) is 0 Å². The molecular weight excluding hydrogens is 330 g/mol. The summed E-state index contributed by atoms with van der Waals surface area (Å²) in [7, 11) is -3.42. The van der Waals surface area contributed by atoms with Gasteiger partial charge < -0.3 is 0 Å². The quantitative estimate of drug-likeness (QED) is 0.661. The molecule has 0 heterocycles. The average molecular weight is 360 g/mol. The van der Waals surface area contributed by atoms with Crippen LogP contribution in [-0.2, 0) is 21.9 Å². The van der Waals surface area contributed by atoms with Crippen LogP contribution in [0.1, 0.15) is 51.2 Å². The number of nitrogens with one attached hydrogen (secondary N) is 1. The lowest BCUT2D eigenvalue weighted by Gasteiger charge is -2.23. The Bertz CT molecular complexity index is 750. The third kappa shape index (κ3) is 5.68. The van der Waals surface area contributed by atoms with E-state index in [1.807, 2.05) is 30.3 Å². The normalized spacial score (nSPS) is 12.3. The minimum Gasteiger partial charge on any atom is -0.211 e. The fraction of sp³-hybridized carbons (Fsp3) is 0.429. The predicted molar refractivity (Wildman–Crippen MR) is 104 cm³/mol. The largest absolute Gasteiger partial charge is 0.240 e. The highest BCUT2D eigenvalue weighted by Gasteiger charge is 2.19. The zero-order chi connectivity index (χ0) is 18.3. The molecule has 1 N–H and O–H groups in total. The Labute approximate surface area is 152 Å². The maximum Gasteiger partial charge on any atom is 0.240 e. The van der Waals surface area contributed by atoms with Crippen LogP contribution >= 0.6 is 0 Å². The smallest absolute Gasteiger partial charge is 0.211 e. The van der Waals surface area contributed by atoms with Gasteiger partial charge in [-0.1, -0.05) is 63.2 Å². The molecule has 0 radical (unpaired) electrons. The minimum absolute atomic E-state index is 0.0627. The average Bonchev–Trinajstić information content (AvgIpc) is 2.62. The molecule has 0 aromatic heterocycles. The van der Waals surface area contributed by atoms with Gasteiger partial charge in [0.15, 0.2) is 0 Å². The topological polar surface area (TPSA) is 46.2 Å². The van der Waals surface area contributed by atoms with Gasteiger partial charge in [-0.15, -0.1) is 0 Å². The van der Waals surface area contributed by atoms with Crippen molar-refractivity contribution in [3.63, 3.8) is 0 Å². The Morgan fingerprint density at radius 1 is 0.920 bits per heavy atom. The highest BCUT2D eigenvalue weighted by Crippen LogP contribution is 2.27. The molecule has 0 atom stereocenters. The molecular formula is C21H29NO2S. The summed E-state index contributed by atoms with van der Waals surface area (Å²) in [6.45, 7) is 6.95. The lowest BCUT2D eigenvalue weighted by atomic mass is 9.82. The molecule has 0 fully saturated rings. The molecule has 0 aliphatic rings. The van der Waals surface area contributed by atoms with Crippen molar-refractivity contribution in [2.45, 2.75) is 56.8 Å². The molecule has 0 unspecified atom stereocenters. The second-order valence-electron chi connectivity index (χ2n) is 7.10. The number of sulfonamides is 1. The Kier molecular flexibility index (Phi) is 6.79. The van der Waals surface area contributed by atoms with Gasteiger partial charge in [0, 0.05) is 6.54 Å². The molecule has 136 valence electrons. The monoisotopic (exact) mass is 359 g/mol. The highest BCUT2D eigenvalue weighted by molar-refractivity contribution is 7.89. The van der Waals surface area contributed by atoms with Crippen molar-refractivity contribution in [3.05, 3.63) is 65.7 Å². The van der Waals surface area contributed by atoms with Crippen LogP contribution < -0.4 is 4.72 Å². The minimum atomic E-state index is -3.42. The summed E-state index contributed by atoms with van der Waals surface area (Å²) in [5.74, 6) is 0. The third-order valence-electron chi connectivity index (χ3n) is 4.86. The standard InChI is InChI=1S/C21H29NO2S/c1-4-21(2,3)19-13-15-20(16-14-19)25(23,24)22-17-9-8-12-18-10-6-5-7-11-18/h5-7,10-11,13-16,22H,4,8-9,12,17H2,1-3H3. The van der Waals surface area contributed by atoms with Crippen LogP contribution in [0, 0.1) is 0 Å². The van der Waals surface area contributed by atoms with Crippen LogP contribution in [-0.4, -0.2) is 15.0 Å². The maximum atomic E-state index is 12.4. The van der Waals surface area contributed by atoms with Crippen LogP contribution in [0.15, 0.2) is 59.5 Å². The van der Waals surface area contributed by atoms with Crippen molar-refractivity contribution in [2.75, 3.05) is 6.54 Å². The number of hydrogen-bond acceptors (Lipinski definition) is 2. The van der Waals surface area contributed by atoms with Crippen molar-refractivity contribution in [1.29, 1.82) is 0 Å². The lowest BCUT2D eigenvalue weighted by Crippen LogP contribution is -2.25. The summed E-state index contributed by atoms with van der Waals surface area (Å²) < 4.78 is 27.5. The van der Waals surface area contributed by atoms with Gasteiger partial charge in [0.2, 0.25) is 10.0 Å². The lowest BCUT2D eigenvalue weighted by molar-refractivity contribution is 0.505. The summed E-state index contributed by atoms with van der Waals surface area (Å²) in [6, 6.07) is 17.5. The summed E-state index contributed by atoms with van der Waals surface area (Å²) in [4.78, 5) is 0.339. The van der Waals surface area contributed by atoms with Crippen molar-refractivity contribution >= 4 is 10.0 Å². The van der Waals surface area contributed by atoms with Crippen LogP contribution in [0.3, 0.4) is 0 Å². The molecule has 2 aromatic rings. The van der Waals surface area contributed by atoms with Gasteiger partial charge in [0.1, 0.15) is 0 Å². The van der Waals surface area contributed by atoms with Crippen molar-refractivity contribution in [2.24, 2.45) is 0 Å². The van der Waals surface area contributed by atoms with E-state index in [4.69, 9.17) is 0 Å². The Morgan fingerprint density at radius 3 is 2.16 bits per heavy atom. The van der Waals surface area contributed by atoms with Gasteiger partial charge in [-0.3, -0.25) is 0 Å². The van der Waals surface area contributed by atoms with Crippen LogP contribution in [0.2, 0.25) is 0 Å². The number of hydrogen-bond donors (Lipinski definition) is 1. The molecule has 25 heavy (non-hydrogen) atoms. The number of aryl methyl sites for hydroxylation is 1. The van der Waals surface area contributed by atoms with Gasteiger partial charge in [-0.2, -0.15) is 0 Å². The number of rotatable bonds is 9. The molecule has 0 saturated carbocycles. The van der Waals surface area contributed by atoms with Crippen LogP contribution in [0.25, 0.3) is 0 Å². The van der Waals surface area contributed by atoms with Gasteiger partial charge in [-0.05, 0) is 54.4 Å².